The predicted octanol–water partition coefficient (Wildman–Crippen LogP) is 3.06. The Morgan fingerprint density at radius 3 is 2.65 bits per heavy atom. The number of aliphatic hydroxyl groups excluding tert-OH is 1. The molecule has 2 N–H and O–H groups in total. The first-order valence-corrected chi connectivity index (χ1v) is 11.3. The second-order valence-corrected chi connectivity index (χ2v) is 8.98. The van der Waals surface area contributed by atoms with Gasteiger partial charge in [0.25, 0.3) is 5.91 Å². The van der Waals surface area contributed by atoms with E-state index in [0.29, 0.717) is 17.8 Å². The molecule has 1 aliphatic heterocycles. The first kappa shape index (κ1) is 23.4. The Morgan fingerprint density at radius 1 is 1.26 bits per heavy atom. The zero-order valence-corrected chi connectivity index (χ0v) is 19.8. The predicted molar refractivity (Wildman–Crippen MR) is 128 cm³/mol. The molecule has 3 rings (SSSR count). The van der Waals surface area contributed by atoms with Gasteiger partial charge in [0.05, 0.1) is 12.3 Å². The van der Waals surface area contributed by atoms with Crippen LogP contribution in [-0.2, 0) is 21.7 Å². The molecule has 2 aromatic carbocycles. The van der Waals surface area contributed by atoms with E-state index in [1.807, 2.05) is 48.5 Å². The number of hydrogen-bond donors (Lipinski definition) is 2. The number of hydrogen-bond acceptors (Lipinski definition) is 4. The molecule has 0 radical (unpaired) electrons. The Morgan fingerprint density at radius 2 is 1.97 bits per heavy atom. The minimum absolute atomic E-state index is 0.116. The number of benzene rings is 2. The van der Waals surface area contributed by atoms with Gasteiger partial charge >= 0.3 is 0 Å². The average molecular weight is 534 g/mol. The van der Waals surface area contributed by atoms with Crippen molar-refractivity contribution in [3.8, 4) is 0 Å². The van der Waals surface area contributed by atoms with E-state index in [1.165, 1.54) is 4.90 Å². The highest BCUT2D eigenvalue weighted by Crippen LogP contribution is 2.44. The molecular weight excluding hydrogens is 507 g/mol. The quantitative estimate of drug-likeness (QED) is 0.403. The summed E-state index contributed by atoms with van der Waals surface area (Å²) in [6.07, 6.45) is 3.54. The van der Waals surface area contributed by atoms with Crippen LogP contribution in [0.3, 0.4) is 0 Å². The number of amides is 2. The molecule has 2 aromatic rings. The van der Waals surface area contributed by atoms with Gasteiger partial charge in [-0.1, -0.05) is 49.4 Å². The van der Waals surface area contributed by atoms with Crippen LogP contribution in [0.25, 0.3) is 0 Å². The van der Waals surface area contributed by atoms with Gasteiger partial charge < -0.3 is 20.0 Å². The van der Waals surface area contributed by atoms with Crippen LogP contribution in [-0.4, -0.2) is 47.1 Å². The fourth-order valence-electron chi connectivity index (χ4n) is 3.88. The summed E-state index contributed by atoms with van der Waals surface area (Å²) in [4.78, 5) is 28.6. The van der Waals surface area contributed by atoms with Gasteiger partial charge in [-0.15, -0.1) is 0 Å². The van der Waals surface area contributed by atoms with Crippen LogP contribution in [0.1, 0.15) is 24.5 Å². The minimum atomic E-state index is -1.67. The van der Waals surface area contributed by atoms with Gasteiger partial charge in [-0.3, -0.25) is 9.59 Å². The zero-order valence-electron chi connectivity index (χ0n) is 17.7. The maximum absolute atomic E-state index is 12.9. The van der Waals surface area contributed by atoms with Crippen molar-refractivity contribution in [1.82, 2.24) is 4.90 Å². The normalized spacial score (nSPS) is 19.0. The van der Waals surface area contributed by atoms with Crippen molar-refractivity contribution in [2.24, 2.45) is 5.92 Å². The van der Waals surface area contributed by atoms with E-state index >= 15 is 0 Å². The summed E-state index contributed by atoms with van der Waals surface area (Å²) >= 11 is 2.16. The van der Waals surface area contributed by atoms with Crippen molar-refractivity contribution in [2.75, 3.05) is 25.1 Å². The van der Waals surface area contributed by atoms with E-state index in [0.717, 1.165) is 9.13 Å². The smallest absolute Gasteiger partial charge is 0.264 e. The topological polar surface area (TPSA) is 81.1 Å². The molecule has 0 fully saturated rings. The van der Waals surface area contributed by atoms with E-state index in [-0.39, 0.29) is 31.4 Å². The molecule has 0 saturated heterocycles. The fourth-order valence-corrected chi connectivity index (χ4v) is 4.38. The largest absolute Gasteiger partial charge is 0.395 e. The lowest BCUT2D eigenvalue weighted by molar-refractivity contribution is -0.139. The van der Waals surface area contributed by atoms with Crippen LogP contribution in [0.15, 0.2) is 60.7 Å². The number of carbonyl (C=O) groups excluding carboxylic acids is 2. The second-order valence-electron chi connectivity index (χ2n) is 7.74. The number of likely N-dealkylation sites (N-methyl/N-ethyl adjacent to an activating group) is 1. The van der Waals surface area contributed by atoms with Crippen LogP contribution >= 0.6 is 22.6 Å². The van der Waals surface area contributed by atoms with Crippen LogP contribution in [0.5, 0.6) is 0 Å². The van der Waals surface area contributed by atoms with E-state index < -0.39 is 11.5 Å². The summed E-state index contributed by atoms with van der Waals surface area (Å²) in [5.74, 6) is -1.02. The van der Waals surface area contributed by atoms with Crippen molar-refractivity contribution in [3.05, 3.63) is 75.4 Å². The number of nitrogens with zero attached hydrogens (tertiary/aromatic N) is 2. The van der Waals surface area contributed by atoms with Crippen LogP contribution in [0.2, 0.25) is 0 Å². The molecule has 2 atom stereocenters. The minimum Gasteiger partial charge on any atom is -0.395 e. The summed E-state index contributed by atoms with van der Waals surface area (Å²) in [7, 11) is 1.66. The molecule has 0 unspecified atom stereocenters. The van der Waals surface area contributed by atoms with E-state index in [2.05, 4.69) is 22.6 Å². The fraction of sp³-hybridized carbons (Fsp3) is 0.333. The van der Waals surface area contributed by atoms with Crippen molar-refractivity contribution < 1.29 is 19.8 Å². The summed E-state index contributed by atoms with van der Waals surface area (Å²) in [5.41, 5.74) is 0.601. The average Bonchev–Trinajstić information content (AvgIpc) is 2.95. The standard InChI is InChI=1S/C24H27IN2O4/c1-17(24(31)20-15-19(25)11-12-21(20)26(2)23(24)30)7-6-10-22(29)27(13-14-28)16-18-8-4-3-5-9-18/h3-9,11-12,15,17,28,31H,10,13-14,16H2,1-2H3/b7-6+/t17-,24+/m0/s1. The molecule has 0 aliphatic carbocycles. The maximum Gasteiger partial charge on any atom is 0.264 e. The number of fused-ring (bicyclic) bond motifs is 1. The SMILES string of the molecule is C[C@@H](/C=C/CC(=O)N(CCO)Cc1ccccc1)[C@]1(O)C(=O)N(C)c2ccc(I)cc21. The summed E-state index contributed by atoms with van der Waals surface area (Å²) in [6, 6.07) is 15.2. The Bertz CT molecular complexity index is 979. The summed E-state index contributed by atoms with van der Waals surface area (Å²) in [6.45, 7) is 2.32. The molecule has 0 saturated carbocycles. The summed E-state index contributed by atoms with van der Waals surface area (Å²) < 4.78 is 0.935. The highest BCUT2D eigenvalue weighted by atomic mass is 127. The first-order chi connectivity index (χ1) is 14.8. The van der Waals surface area contributed by atoms with Crippen molar-refractivity contribution in [3.63, 3.8) is 0 Å². The number of halogens is 1. The van der Waals surface area contributed by atoms with Gasteiger partial charge in [0.1, 0.15) is 0 Å². The van der Waals surface area contributed by atoms with Gasteiger partial charge in [-0.25, -0.2) is 0 Å². The molecule has 0 bridgehead atoms. The van der Waals surface area contributed by atoms with Gasteiger partial charge in [0.2, 0.25) is 5.91 Å². The Balaban J connectivity index is 1.72. The van der Waals surface area contributed by atoms with Crippen molar-refractivity contribution in [1.29, 1.82) is 0 Å². The van der Waals surface area contributed by atoms with Gasteiger partial charge in [-0.2, -0.15) is 0 Å². The molecule has 31 heavy (non-hydrogen) atoms. The molecule has 6 nitrogen and oxygen atoms in total. The van der Waals surface area contributed by atoms with E-state index in [4.69, 9.17) is 0 Å². The molecule has 2 amide bonds. The highest BCUT2D eigenvalue weighted by Gasteiger charge is 2.51. The van der Waals surface area contributed by atoms with Crippen molar-refractivity contribution in [2.45, 2.75) is 25.5 Å². The zero-order chi connectivity index (χ0) is 22.6. The van der Waals surface area contributed by atoms with E-state index in [9.17, 15) is 19.8 Å². The molecule has 164 valence electrons. The molecular formula is C24H27IN2O4. The third-order valence-electron chi connectivity index (χ3n) is 5.68. The lowest BCUT2D eigenvalue weighted by Crippen LogP contribution is -2.43. The van der Waals surface area contributed by atoms with Crippen LogP contribution < -0.4 is 4.90 Å². The van der Waals surface area contributed by atoms with Gasteiger partial charge in [0.15, 0.2) is 5.60 Å². The maximum atomic E-state index is 12.9. The van der Waals surface area contributed by atoms with Crippen molar-refractivity contribution >= 4 is 40.1 Å². The molecule has 0 aromatic heterocycles. The van der Waals surface area contributed by atoms with Gasteiger partial charge in [0, 0.05) is 41.6 Å². The molecule has 1 aliphatic rings. The third-order valence-corrected chi connectivity index (χ3v) is 6.35. The first-order valence-electron chi connectivity index (χ1n) is 10.2. The number of carbonyl (C=O) groups is 2. The Labute approximate surface area is 196 Å². The van der Waals surface area contributed by atoms with Gasteiger partial charge in [-0.05, 0) is 46.4 Å². The number of anilines is 1. The molecule has 7 heteroatoms. The monoisotopic (exact) mass is 534 g/mol. The Kier molecular flexibility index (Phi) is 7.51. The van der Waals surface area contributed by atoms with Crippen LogP contribution in [0.4, 0.5) is 5.69 Å². The third kappa shape index (κ3) is 4.83. The Hall–Kier alpha value is -2.23. The molecule has 0 spiro atoms. The van der Waals surface area contributed by atoms with E-state index in [1.54, 1.807) is 31.0 Å². The lowest BCUT2D eigenvalue weighted by Gasteiger charge is -2.27. The lowest BCUT2D eigenvalue weighted by atomic mass is 9.83. The second kappa shape index (κ2) is 9.93. The molecule has 1 heterocycles. The summed E-state index contributed by atoms with van der Waals surface area (Å²) in [5, 5.41) is 20.7. The number of aliphatic hydroxyl groups is 2. The van der Waals surface area contributed by atoms with Crippen LogP contribution in [0, 0.1) is 9.49 Å². The highest BCUT2D eigenvalue weighted by molar-refractivity contribution is 14.1. The number of rotatable bonds is 8.